The molecule has 0 saturated heterocycles. The van der Waals surface area contributed by atoms with Crippen molar-refractivity contribution in [3.8, 4) is 17.0 Å². The highest BCUT2D eigenvalue weighted by atomic mass is 19.4. The predicted octanol–water partition coefficient (Wildman–Crippen LogP) is 4.55. The third-order valence-corrected chi connectivity index (χ3v) is 4.50. The summed E-state index contributed by atoms with van der Waals surface area (Å²) in [6.07, 6.45) is -1.56. The summed E-state index contributed by atoms with van der Waals surface area (Å²) in [5.41, 5.74) is 3.26. The molecule has 0 atom stereocenters. The van der Waals surface area contributed by atoms with Gasteiger partial charge in [0.2, 0.25) is 0 Å². The number of carbonyl (C=O) groups is 1. The first-order valence-electron chi connectivity index (χ1n) is 9.44. The number of alkyl halides is 3. The number of halogens is 3. The van der Waals surface area contributed by atoms with Crippen LogP contribution in [0.4, 0.5) is 23.8 Å². The Kier molecular flexibility index (Phi) is 5.63. The van der Waals surface area contributed by atoms with E-state index in [0.717, 1.165) is 16.6 Å². The van der Waals surface area contributed by atoms with Gasteiger partial charge in [0.15, 0.2) is 0 Å². The fraction of sp³-hybridized carbons (Fsp3) is 0.143. The van der Waals surface area contributed by atoms with E-state index in [1.165, 1.54) is 18.2 Å². The second kappa shape index (κ2) is 8.53. The van der Waals surface area contributed by atoms with Crippen molar-refractivity contribution in [3.63, 3.8) is 0 Å². The van der Waals surface area contributed by atoms with Crippen LogP contribution in [0.1, 0.15) is 11.3 Å². The first-order chi connectivity index (χ1) is 15.3. The number of aromatic nitrogens is 4. The van der Waals surface area contributed by atoms with Gasteiger partial charge < -0.3 is 10.1 Å². The summed E-state index contributed by atoms with van der Waals surface area (Å²) in [6, 6.07) is 10.3. The summed E-state index contributed by atoms with van der Waals surface area (Å²) < 4.78 is 41.6. The number of benzene rings is 1. The SMILES string of the molecule is Cc1cc(-c2n[nH]c3cc(NC(=O)NCc4ccccc4OC(F)(F)F)ncc23)ccn1. The smallest absolute Gasteiger partial charge is 0.405 e. The van der Waals surface area contributed by atoms with Crippen LogP contribution in [0.25, 0.3) is 22.2 Å². The number of hydrogen-bond donors (Lipinski definition) is 3. The molecule has 8 nitrogen and oxygen atoms in total. The lowest BCUT2D eigenvalue weighted by molar-refractivity contribution is -0.274. The molecule has 11 heteroatoms. The molecular formula is C21H17F3N6O2. The van der Waals surface area contributed by atoms with Crippen LogP contribution in [-0.2, 0) is 6.54 Å². The summed E-state index contributed by atoms with van der Waals surface area (Å²) >= 11 is 0. The highest BCUT2D eigenvalue weighted by Gasteiger charge is 2.32. The quantitative estimate of drug-likeness (QED) is 0.421. The molecule has 0 aliphatic rings. The van der Waals surface area contributed by atoms with Gasteiger partial charge in [-0.15, -0.1) is 13.2 Å². The number of hydrogen-bond acceptors (Lipinski definition) is 5. The van der Waals surface area contributed by atoms with E-state index in [9.17, 15) is 18.0 Å². The van der Waals surface area contributed by atoms with Gasteiger partial charge in [-0.05, 0) is 25.1 Å². The number of ether oxygens (including phenoxy) is 1. The van der Waals surface area contributed by atoms with Crippen molar-refractivity contribution in [2.24, 2.45) is 0 Å². The van der Waals surface area contributed by atoms with Gasteiger partial charge in [0, 0.05) is 47.2 Å². The fourth-order valence-electron chi connectivity index (χ4n) is 3.10. The molecule has 0 saturated carbocycles. The third-order valence-electron chi connectivity index (χ3n) is 4.50. The molecule has 3 aromatic heterocycles. The zero-order chi connectivity index (χ0) is 22.7. The highest BCUT2D eigenvalue weighted by Crippen LogP contribution is 2.28. The molecule has 0 fully saturated rings. The predicted molar refractivity (Wildman–Crippen MR) is 111 cm³/mol. The lowest BCUT2D eigenvalue weighted by Gasteiger charge is -2.13. The van der Waals surface area contributed by atoms with E-state index in [4.69, 9.17) is 0 Å². The Morgan fingerprint density at radius 3 is 2.75 bits per heavy atom. The van der Waals surface area contributed by atoms with Crippen LogP contribution in [0.15, 0.2) is 54.9 Å². The topological polar surface area (TPSA) is 105 Å². The molecule has 32 heavy (non-hydrogen) atoms. The van der Waals surface area contributed by atoms with E-state index in [-0.39, 0.29) is 23.7 Å². The number of nitrogens with one attached hydrogen (secondary N) is 3. The number of urea groups is 1. The summed E-state index contributed by atoms with van der Waals surface area (Å²) in [5, 5.41) is 13.0. The molecule has 0 bridgehead atoms. The standard InChI is InChI=1S/C21H17F3N6O2/c1-12-8-13(6-7-25-12)19-15-11-26-18(9-16(15)29-30-19)28-20(31)27-10-14-4-2-3-5-17(14)32-21(22,23)24/h2-9,11H,10H2,1H3,(H,29,30)(H2,26,27,28,31). The number of carbonyl (C=O) groups excluding carboxylic acids is 1. The Morgan fingerprint density at radius 1 is 1.16 bits per heavy atom. The number of para-hydroxylation sites is 1. The second-order valence-corrected chi connectivity index (χ2v) is 6.84. The van der Waals surface area contributed by atoms with Gasteiger partial charge >= 0.3 is 12.4 Å². The number of aromatic amines is 1. The van der Waals surface area contributed by atoms with Gasteiger partial charge in [0.05, 0.1) is 5.52 Å². The van der Waals surface area contributed by atoms with Crippen molar-refractivity contribution in [3.05, 3.63) is 66.1 Å². The Balaban J connectivity index is 1.44. The largest absolute Gasteiger partial charge is 0.573 e. The summed E-state index contributed by atoms with van der Waals surface area (Å²) in [4.78, 5) is 20.6. The van der Waals surface area contributed by atoms with Gasteiger partial charge in [-0.3, -0.25) is 15.4 Å². The third kappa shape index (κ3) is 4.94. The average Bonchev–Trinajstić information content (AvgIpc) is 3.15. The molecule has 164 valence electrons. The van der Waals surface area contributed by atoms with Crippen molar-refractivity contribution in [1.82, 2.24) is 25.5 Å². The zero-order valence-electron chi connectivity index (χ0n) is 16.7. The van der Waals surface area contributed by atoms with Crippen LogP contribution in [0, 0.1) is 6.92 Å². The molecule has 2 amide bonds. The normalized spacial score (nSPS) is 11.4. The van der Waals surface area contributed by atoms with E-state index < -0.39 is 12.4 Å². The van der Waals surface area contributed by atoms with Crippen LogP contribution in [0.5, 0.6) is 5.75 Å². The maximum atomic E-state index is 12.5. The van der Waals surface area contributed by atoms with Crippen molar-refractivity contribution < 1.29 is 22.7 Å². The number of fused-ring (bicyclic) bond motifs is 1. The lowest BCUT2D eigenvalue weighted by Crippen LogP contribution is -2.29. The van der Waals surface area contributed by atoms with Crippen molar-refractivity contribution in [1.29, 1.82) is 0 Å². The van der Waals surface area contributed by atoms with E-state index in [0.29, 0.717) is 11.2 Å². The van der Waals surface area contributed by atoms with Crippen LogP contribution < -0.4 is 15.4 Å². The summed E-state index contributed by atoms with van der Waals surface area (Å²) in [6.45, 7) is 1.71. The van der Waals surface area contributed by atoms with Crippen LogP contribution in [0.3, 0.4) is 0 Å². The monoisotopic (exact) mass is 442 g/mol. The maximum Gasteiger partial charge on any atom is 0.573 e. The van der Waals surface area contributed by atoms with Crippen LogP contribution in [-0.4, -0.2) is 32.6 Å². The van der Waals surface area contributed by atoms with E-state index in [2.05, 4.69) is 35.5 Å². The number of H-pyrrole nitrogens is 1. The highest BCUT2D eigenvalue weighted by molar-refractivity contribution is 5.95. The molecule has 4 aromatic rings. The average molecular weight is 442 g/mol. The maximum absolute atomic E-state index is 12.5. The van der Waals surface area contributed by atoms with Gasteiger partial charge in [-0.1, -0.05) is 18.2 Å². The summed E-state index contributed by atoms with van der Waals surface area (Å²) in [7, 11) is 0. The van der Waals surface area contributed by atoms with Crippen molar-refractivity contribution in [2.45, 2.75) is 19.8 Å². The second-order valence-electron chi connectivity index (χ2n) is 6.84. The summed E-state index contributed by atoms with van der Waals surface area (Å²) in [5.74, 6) is -0.132. The first kappa shape index (κ1) is 21.1. The Hall–Kier alpha value is -4.15. The molecule has 3 heterocycles. The molecule has 0 radical (unpaired) electrons. The van der Waals surface area contributed by atoms with Crippen LogP contribution in [0.2, 0.25) is 0 Å². The van der Waals surface area contributed by atoms with Crippen molar-refractivity contribution in [2.75, 3.05) is 5.32 Å². The number of amides is 2. The Labute approximate surface area is 179 Å². The van der Waals surface area contributed by atoms with Gasteiger partial charge in [0.25, 0.3) is 0 Å². The molecule has 0 aliphatic carbocycles. The van der Waals surface area contributed by atoms with E-state index in [1.54, 1.807) is 24.5 Å². The molecule has 1 aromatic carbocycles. The molecule has 3 N–H and O–H groups in total. The fourth-order valence-corrected chi connectivity index (χ4v) is 3.10. The number of rotatable bonds is 5. The Bertz CT molecular complexity index is 1270. The Morgan fingerprint density at radius 2 is 1.97 bits per heavy atom. The molecule has 4 rings (SSSR count). The molecule has 0 aliphatic heterocycles. The van der Waals surface area contributed by atoms with Gasteiger partial charge in [-0.2, -0.15) is 5.10 Å². The zero-order valence-corrected chi connectivity index (χ0v) is 16.7. The minimum Gasteiger partial charge on any atom is -0.405 e. The lowest BCUT2D eigenvalue weighted by atomic mass is 10.1. The minimum absolute atomic E-state index is 0.171. The van der Waals surface area contributed by atoms with E-state index >= 15 is 0 Å². The molecule has 0 spiro atoms. The van der Waals surface area contributed by atoms with Crippen LogP contribution >= 0.6 is 0 Å². The van der Waals surface area contributed by atoms with E-state index in [1.807, 2.05) is 19.1 Å². The molecular weight excluding hydrogens is 425 g/mol. The van der Waals surface area contributed by atoms with Crippen molar-refractivity contribution >= 4 is 22.8 Å². The first-order valence-corrected chi connectivity index (χ1v) is 9.44. The number of anilines is 1. The van der Waals surface area contributed by atoms with Gasteiger partial charge in [0.1, 0.15) is 17.3 Å². The molecule has 0 unspecified atom stereocenters. The number of aryl methyl sites for hydroxylation is 1. The minimum atomic E-state index is -4.82. The van der Waals surface area contributed by atoms with Gasteiger partial charge in [-0.25, -0.2) is 9.78 Å². The number of pyridine rings is 2. The number of nitrogens with zero attached hydrogens (tertiary/aromatic N) is 3.